The fourth-order valence-corrected chi connectivity index (χ4v) is 4.79. The highest BCUT2D eigenvalue weighted by Crippen LogP contribution is 2.37. The zero-order chi connectivity index (χ0) is 26.2. The first kappa shape index (κ1) is 24.3. The number of piperazine rings is 1. The number of hydrogen-bond donors (Lipinski definition) is 0. The van der Waals surface area contributed by atoms with E-state index in [4.69, 9.17) is 9.72 Å². The van der Waals surface area contributed by atoms with Crippen molar-refractivity contribution in [1.82, 2.24) is 19.4 Å². The maximum Gasteiger partial charge on any atom is 0.410 e. The van der Waals surface area contributed by atoms with E-state index in [2.05, 4.69) is 34.3 Å². The van der Waals surface area contributed by atoms with Gasteiger partial charge >= 0.3 is 6.09 Å². The maximum atomic E-state index is 12.8. The molecule has 1 atom stereocenters. The number of benzene rings is 2. The van der Waals surface area contributed by atoms with Gasteiger partial charge < -0.3 is 19.1 Å². The maximum absolute atomic E-state index is 12.8. The summed E-state index contributed by atoms with van der Waals surface area (Å²) in [6, 6.07) is 19.8. The summed E-state index contributed by atoms with van der Waals surface area (Å²) >= 11 is 0. The highest BCUT2D eigenvalue weighted by molar-refractivity contribution is 6.02. The smallest absolute Gasteiger partial charge is 0.410 e. The Kier molecular flexibility index (Phi) is 6.30. The van der Waals surface area contributed by atoms with Gasteiger partial charge in [0, 0.05) is 43.1 Å². The molecule has 2 aromatic heterocycles. The number of hydrogen-bond acceptors (Lipinski definition) is 6. The molecule has 0 bridgehead atoms. The highest BCUT2D eigenvalue weighted by atomic mass is 16.6. The van der Waals surface area contributed by atoms with Crippen molar-refractivity contribution in [2.24, 2.45) is 0 Å². The largest absolute Gasteiger partial charge is 0.444 e. The summed E-state index contributed by atoms with van der Waals surface area (Å²) in [5.74, 6) is 0.828. The predicted molar refractivity (Wildman–Crippen MR) is 144 cm³/mol. The number of carbonyl (C=O) groups is 1. The zero-order valence-corrected chi connectivity index (χ0v) is 21.5. The Morgan fingerprint density at radius 3 is 2.57 bits per heavy atom. The Morgan fingerprint density at radius 2 is 1.86 bits per heavy atom. The average Bonchev–Trinajstić information content (AvgIpc) is 3.28. The minimum atomic E-state index is -0.539. The van der Waals surface area contributed by atoms with Gasteiger partial charge in [-0.2, -0.15) is 5.26 Å². The molecule has 0 spiro atoms. The van der Waals surface area contributed by atoms with Gasteiger partial charge in [0.2, 0.25) is 0 Å². The van der Waals surface area contributed by atoms with Gasteiger partial charge in [0.25, 0.3) is 0 Å². The van der Waals surface area contributed by atoms with Gasteiger partial charge in [-0.1, -0.05) is 36.4 Å². The van der Waals surface area contributed by atoms with Crippen LogP contribution in [-0.2, 0) is 4.74 Å². The Hall–Kier alpha value is -4.38. The van der Waals surface area contributed by atoms with Crippen LogP contribution in [0.4, 0.5) is 10.6 Å². The fourth-order valence-electron chi connectivity index (χ4n) is 4.79. The Bertz CT molecular complexity index is 1480. The van der Waals surface area contributed by atoms with Crippen LogP contribution in [0.1, 0.15) is 33.3 Å². The van der Waals surface area contributed by atoms with Crippen molar-refractivity contribution in [3.05, 3.63) is 72.7 Å². The third-order valence-corrected chi connectivity index (χ3v) is 6.46. The molecule has 37 heavy (non-hydrogen) atoms. The van der Waals surface area contributed by atoms with Gasteiger partial charge in [-0.15, -0.1) is 0 Å². The topological polar surface area (TPSA) is 87.3 Å². The minimum Gasteiger partial charge on any atom is -0.444 e. The molecule has 188 valence electrons. The number of amides is 1. The molecule has 1 aliphatic heterocycles. The normalized spacial score (nSPS) is 16.0. The third kappa shape index (κ3) is 4.85. The number of aromatic nitrogens is 3. The van der Waals surface area contributed by atoms with E-state index in [1.807, 2.05) is 68.7 Å². The highest BCUT2D eigenvalue weighted by Gasteiger charge is 2.32. The van der Waals surface area contributed by atoms with Crippen LogP contribution in [0.3, 0.4) is 0 Å². The molecule has 5 rings (SSSR count). The third-order valence-electron chi connectivity index (χ3n) is 6.46. The molecule has 0 radical (unpaired) electrons. The summed E-state index contributed by atoms with van der Waals surface area (Å²) in [7, 11) is 0. The Balaban J connectivity index is 1.58. The van der Waals surface area contributed by atoms with Gasteiger partial charge in [0.15, 0.2) is 5.65 Å². The van der Waals surface area contributed by atoms with Crippen molar-refractivity contribution < 1.29 is 9.53 Å². The van der Waals surface area contributed by atoms with Crippen molar-refractivity contribution in [2.45, 2.75) is 39.3 Å². The molecule has 4 aromatic rings. The van der Waals surface area contributed by atoms with Crippen LogP contribution in [0.25, 0.3) is 27.8 Å². The second-order valence-corrected chi connectivity index (χ2v) is 10.3. The lowest BCUT2D eigenvalue weighted by molar-refractivity contribution is 0.0159. The van der Waals surface area contributed by atoms with Crippen molar-refractivity contribution >= 4 is 22.9 Å². The van der Waals surface area contributed by atoms with Crippen molar-refractivity contribution in [1.29, 1.82) is 5.26 Å². The fraction of sp³-hybridized carbons (Fsp3) is 0.310. The number of rotatable bonds is 3. The van der Waals surface area contributed by atoms with E-state index in [-0.39, 0.29) is 12.1 Å². The van der Waals surface area contributed by atoms with Gasteiger partial charge in [-0.3, -0.25) is 0 Å². The van der Waals surface area contributed by atoms with Gasteiger partial charge in [0.05, 0.1) is 17.0 Å². The first-order valence-electron chi connectivity index (χ1n) is 12.4. The van der Waals surface area contributed by atoms with Crippen LogP contribution >= 0.6 is 0 Å². The lowest BCUT2D eigenvalue weighted by Crippen LogP contribution is -2.55. The van der Waals surface area contributed by atoms with E-state index in [0.717, 1.165) is 33.7 Å². The van der Waals surface area contributed by atoms with Gasteiger partial charge in [-0.05, 0) is 51.5 Å². The minimum absolute atomic E-state index is 0.0526. The van der Waals surface area contributed by atoms with Crippen LogP contribution in [-0.4, -0.2) is 56.8 Å². The van der Waals surface area contributed by atoms with Crippen molar-refractivity contribution in [2.75, 3.05) is 24.5 Å². The molecule has 8 nitrogen and oxygen atoms in total. The summed E-state index contributed by atoms with van der Waals surface area (Å²) in [6.45, 7) is 9.45. The number of carbonyl (C=O) groups excluding carboxylic acids is 1. The van der Waals surface area contributed by atoms with E-state index in [0.29, 0.717) is 25.2 Å². The van der Waals surface area contributed by atoms with Crippen LogP contribution in [0.15, 0.2) is 67.1 Å². The first-order valence-corrected chi connectivity index (χ1v) is 12.4. The molecule has 3 heterocycles. The van der Waals surface area contributed by atoms with Crippen molar-refractivity contribution in [3.63, 3.8) is 0 Å². The van der Waals surface area contributed by atoms with Crippen molar-refractivity contribution in [3.8, 4) is 22.9 Å². The predicted octanol–water partition coefficient (Wildman–Crippen LogP) is 5.40. The van der Waals surface area contributed by atoms with E-state index >= 15 is 0 Å². The van der Waals surface area contributed by atoms with Crippen LogP contribution in [0.2, 0.25) is 0 Å². The molecule has 1 aliphatic rings. The molecule has 1 fully saturated rings. The standard InChI is InChI=1S/C29H30N6O2/c1-20-17-33(13-14-34(20)28(36)37-29(2,3)4)26-25-24(22-10-6-5-7-11-22)18-35(27(25)32-19-31-26)23-12-8-9-21(15-23)16-30/h5-12,15,18-20H,13-14,17H2,1-4H3. The monoisotopic (exact) mass is 494 g/mol. The number of ether oxygens (including phenoxy) is 1. The summed E-state index contributed by atoms with van der Waals surface area (Å²) in [6.07, 6.45) is 3.36. The number of anilines is 1. The SMILES string of the molecule is CC1CN(c2ncnc3c2c(-c2ccccc2)cn3-c2cccc(C#N)c2)CCN1C(=O)OC(C)(C)C. The van der Waals surface area contributed by atoms with E-state index in [1.165, 1.54) is 0 Å². The summed E-state index contributed by atoms with van der Waals surface area (Å²) < 4.78 is 7.64. The number of fused-ring (bicyclic) bond motifs is 1. The average molecular weight is 495 g/mol. The molecule has 8 heteroatoms. The second kappa shape index (κ2) is 9.58. The van der Waals surface area contributed by atoms with Crippen LogP contribution in [0.5, 0.6) is 0 Å². The molecule has 0 saturated carbocycles. The molecule has 2 aromatic carbocycles. The first-order chi connectivity index (χ1) is 17.7. The van der Waals surface area contributed by atoms with Gasteiger partial charge in [-0.25, -0.2) is 14.8 Å². The number of nitriles is 1. The molecule has 0 N–H and O–H groups in total. The molecule has 1 unspecified atom stereocenters. The van der Waals surface area contributed by atoms with E-state index < -0.39 is 5.60 Å². The molecular weight excluding hydrogens is 464 g/mol. The lowest BCUT2D eigenvalue weighted by atomic mass is 10.1. The second-order valence-electron chi connectivity index (χ2n) is 10.3. The van der Waals surface area contributed by atoms with E-state index in [1.54, 1.807) is 17.3 Å². The summed E-state index contributed by atoms with van der Waals surface area (Å²) in [5, 5.41) is 10.4. The van der Waals surface area contributed by atoms with Crippen LogP contribution < -0.4 is 4.90 Å². The quantitative estimate of drug-likeness (QED) is 0.379. The zero-order valence-electron chi connectivity index (χ0n) is 21.5. The summed E-state index contributed by atoms with van der Waals surface area (Å²) in [5.41, 5.74) is 3.74. The van der Waals surface area contributed by atoms with E-state index in [9.17, 15) is 10.1 Å². The molecular formula is C29H30N6O2. The lowest BCUT2D eigenvalue weighted by Gasteiger charge is -2.40. The molecule has 1 amide bonds. The Morgan fingerprint density at radius 1 is 1.08 bits per heavy atom. The molecule has 1 saturated heterocycles. The summed E-state index contributed by atoms with van der Waals surface area (Å²) in [4.78, 5) is 26.2. The Labute approximate surface area is 216 Å². The number of nitrogens with zero attached hydrogens (tertiary/aromatic N) is 6. The van der Waals surface area contributed by atoms with Crippen LogP contribution in [0, 0.1) is 11.3 Å². The van der Waals surface area contributed by atoms with Gasteiger partial charge in [0.1, 0.15) is 17.7 Å². The molecule has 0 aliphatic carbocycles.